The molecule has 2 rings (SSSR count). The number of aromatic nitrogens is 2. The standard InChI is InChI=1S/C11H14ClN3O/c1-11(2)6-3-7-15(11)10(16)8-4-5-9(12)14-13-8/h4-5H,3,6-7H2,1-2H3. The zero-order valence-electron chi connectivity index (χ0n) is 9.40. The number of carbonyl (C=O) groups excluding carboxylic acids is 1. The van der Waals surface area contributed by atoms with Gasteiger partial charge in [-0.3, -0.25) is 4.79 Å². The smallest absolute Gasteiger partial charge is 0.274 e. The molecule has 1 aromatic rings. The van der Waals surface area contributed by atoms with Crippen molar-refractivity contribution in [3.05, 3.63) is 23.0 Å². The molecule has 0 saturated carbocycles. The van der Waals surface area contributed by atoms with Crippen LogP contribution in [-0.4, -0.2) is 33.1 Å². The number of carbonyl (C=O) groups is 1. The van der Waals surface area contributed by atoms with Crippen LogP contribution in [0, 0.1) is 0 Å². The molecular formula is C11H14ClN3O. The molecule has 2 heterocycles. The van der Waals surface area contributed by atoms with Crippen LogP contribution in [0.1, 0.15) is 37.2 Å². The van der Waals surface area contributed by atoms with Gasteiger partial charge in [-0.25, -0.2) is 0 Å². The van der Waals surface area contributed by atoms with Crippen LogP contribution in [0.2, 0.25) is 5.15 Å². The van der Waals surface area contributed by atoms with Crippen molar-refractivity contribution in [1.82, 2.24) is 15.1 Å². The Bertz CT molecular complexity index is 402. The van der Waals surface area contributed by atoms with E-state index >= 15 is 0 Å². The van der Waals surface area contributed by atoms with Gasteiger partial charge >= 0.3 is 0 Å². The van der Waals surface area contributed by atoms with Crippen molar-refractivity contribution in [3.8, 4) is 0 Å². The summed E-state index contributed by atoms with van der Waals surface area (Å²) in [6.07, 6.45) is 2.07. The van der Waals surface area contributed by atoms with Crippen molar-refractivity contribution in [2.75, 3.05) is 6.54 Å². The van der Waals surface area contributed by atoms with E-state index in [1.807, 2.05) is 4.90 Å². The van der Waals surface area contributed by atoms with E-state index in [9.17, 15) is 4.79 Å². The lowest BCUT2D eigenvalue weighted by molar-refractivity contribution is 0.0644. The molecule has 0 atom stereocenters. The normalized spacial score (nSPS) is 18.8. The minimum Gasteiger partial charge on any atom is -0.332 e. The summed E-state index contributed by atoms with van der Waals surface area (Å²) in [5.74, 6) is -0.0633. The van der Waals surface area contributed by atoms with Gasteiger partial charge in [-0.2, -0.15) is 0 Å². The van der Waals surface area contributed by atoms with Crippen molar-refractivity contribution in [3.63, 3.8) is 0 Å². The van der Waals surface area contributed by atoms with Crippen molar-refractivity contribution in [2.45, 2.75) is 32.2 Å². The quantitative estimate of drug-likeness (QED) is 0.754. The zero-order chi connectivity index (χ0) is 11.8. The van der Waals surface area contributed by atoms with E-state index in [1.54, 1.807) is 12.1 Å². The van der Waals surface area contributed by atoms with E-state index < -0.39 is 0 Å². The Morgan fingerprint density at radius 2 is 2.19 bits per heavy atom. The molecule has 1 saturated heterocycles. The fourth-order valence-electron chi connectivity index (χ4n) is 2.05. The first-order valence-electron chi connectivity index (χ1n) is 5.32. The molecule has 1 aliphatic heterocycles. The molecule has 0 radical (unpaired) electrons. The van der Waals surface area contributed by atoms with Crippen molar-refractivity contribution >= 4 is 17.5 Å². The summed E-state index contributed by atoms with van der Waals surface area (Å²) in [7, 11) is 0. The summed E-state index contributed by atoms with van der Waals surface area (Å²) in [6, 6.07) is 3.21. The van der Waals surface area contributed by atoms with Crippen molar-refractivity contribution in [1.29, 1.82) is 0 Å². The average molecular weight is 240 g/mol. The minimum absolute atomic E-state index is 0.0633. The molecule has 0 unspecified atom stereocenters. The second-order valence-corrected chi connectivity index (χ2v) is 5.00. The Kier molecular flexibility index (Phi) is 2.84. The first kappa shape index (κ1) is 11.3. The van der Waals surface area contributed by atoms with Gasteiger partial charge in [0.05, 0.1) is 0 Å². The zero-order valence-corrected chi connectivity index (χ0v) is 10.2. The van der Waals surface area contributed by atoms with E-state index in [-0.39, 0.29) is 11.4 Å². The molecule has 4 nitrogen and oxygen atoms in total. The van der Waals surface area contributed by atoms with Crippen LogP contribution < -0.4 is 0 Å². The molecule has 0 aromatic carbocycles. The van der Waals surface area contributed by atoms with E-state index in [2.05, 4.69) is 24.0 Å². The Labute approximate surface area is 99.6 Å². The lowest BCUT2D eigenvalue weighted by atomic mass is 10.0. The third-order valence-electron chi connectivity index (χ3n) is 3.00. The number of likely N-dealkylation sites (tertiary alicyclic amines) is 1. The maximum absolute atomic E-state index is 12.2. The molecular weight excluding hydrogens is 226 g/mol. The molecule has 0 N–H and O–H groups in total. The molecule has 86 valence electrons. The van der Waals surface area contributed by atoms with Gasteiger partial charge in [0.1, 0.15) is 0 Å². The number of rotatable bonds is 1. The summed E-state index contributed by atoms with van der Waals surface area (Å²) >= 11 is 5.63. The first-order chi connectivity index (χ1) is 7.50. The number of amides is 1. The highest BCUT2D eigenvalue weighted by Gasteiger charge is 2.36. The maximum atomic E-state index is 12.2. The molecule has 1 amide bonds. The Morgan fingerprint density at radius 3 is 2.69 bits per heavy atom. The van der Waals surface area contributed by atoms with Crippen LogP contribution >= 0.6 is 11.6 Å². The predicted octanol–water partition coefficient (Wildman–Crippen LogP) is 2.14. The lowest BCUT2D eigenvalue weighted by Crippen LogP contribution is -2.43. The van der Waals surface area contributed by atoms with Crippen LogP contribution in [0.3, 0.4) is 0 Å². The summed E-state index contributed by atoms with van der Waals surface area (Å²) in [5, 5.41) is 7.81. The Balaban J connectivity index is 2.22. The van der Waals surface area contributed by atoms with E-state index in [0.29, 0.717) is 10.8 Å². The third kappa shape index (κ3) is 2.02. The summed E-state index contributed by atoms with van der Waals surface area (Å²) in [4.78, 5) is 14.0. The van der Waals surface area contributed by atoms with Gasteiger partial charge in [0.25, 0.3) is 5.91 Å². The molecule has 0 aliphatic carbocycles. The van der Waals surface area contributed by atoms with E-state index in [0.717, 1.165) is 19.4 Å². The molecule has 1 fully saturated rings. The SMILES string of the molecule is CC1(C)CCCN1C(=O)c1ccc(Cl)nn1. The fourth-order valence-corrected chi connectivity index (χ4v) is 2.15. The van der Waals surface area contributed by atoms with Gasteiger partial charge in [-0.15, -0.1) is 10.2 Å². The van der Waals surface area contributed by atoms with Gasteiger partial charge in [0, 0.05) is 12.1 Å². The van der Waals surface area contributed by atoms with Gasteiger partial charge in [0.2, 0.25) is 0 Å². The van der Waals surface area contributed by atoms with Crippen LogP contribution in [-0.2, 0) is 0 Å². The predicted molar refractivity (Wildman–Crippen MR) is 61.4 cm³/mol. The van der Waals surface area contributed by atoms with E-state index in [1.165, 1.54) is 0 Å². The molecule has 5 heteroatoms. The van der Waals surface area contributed by atoms with Crippen LogP contribution in [0.5, 0.6) is 0 Å². The second-order valence-electron chi connectivity index (χ2n) is 4.61. The van der Waals surface area contributed by atoms with Crippen molar-refractivity contribution in [2.24, 2.45) is 0 Å². The highest BCUT2D eigenvalue weighted by atomic mass is 35.5. The third-order valence-corrected chi connectivity index (χ3v) is 3.20. The van der Waals surface area contributed by atoms with Gasteiger partial charge in [-0.05, 0) is 38.8 Å². The highest BCUT2D eigenvalue weighted by molar-refractivity contribution is 6.29. The molecule has 1 aromatic heterocycles. The number of hydrogen-bond donors (Lipinski definition) is 0. The second kappa shape index (κ2) is 4.01. The van der Waals surface area contributed by atoms with Crippen molar-refractivity contribution < 1.29 is 4.79 Å². The fraction of sp³-hybridized carbons (Fsp3) is 0.545. The van der Waals surface area contributed by atoms with Crippen LogP contribution in [0.25, 0.3) is 0 Å². The summed E-state index contributed by atoms with van der Waals surface area (Å²) in [6.45, 7) is 4.93. The summed E-state index contributed by atoms with van der Waals surface area (Å²) < 4.78 is 0. The van der Waals surface area contributed by atoms with Gasteiger partial charge in [0.15, 0.2) is 10.8 Å². The number of hydrogen-bond acceptors (Lipinski definition) is 3. The highest BCUT2D eigenvalue weighted by Crippen LogP contribution is 2.29. The Morgan fingerprint density at radius 1 is 1.44 bits per heavy atom. The largest absolute Gasteiger partial charge is 0.332 e. The minimum atomic E-state index is -0.0849. The number of nitrogens with zero attached hydrogens (tertiary/aromatic N) is 3. The first-order valence-corrected chi connectivity index (χ1v) is 5.70. The average Bonchev–Trinajstić information content (AvgIpc) is 2.58. The Hall–Kier alpha value is -1.16. The topological polar surface area (TPSA) is 46.1 Å². The molecule has 16 heavy (non-hydrogen) atoms. The van der Waals surface area contributed by atoms with Crippen LogP contribution in [0.15, 0.2) is 12.1 Å². The summed E-state index contributed by atoms with van der Waals surface area (Å²) in [5.41, 5.74) is 0.276. The monoisotopic (exact) mass is 239 g/mol. The molecule has 0 bridgehead atoms. The molecule has 1 aliphatic rings. The van der Waals surface area contributed by atoms with Crippen LogP contribution in [0.4, 0.5) is 0 Å². The van der Waals surface area contributed by atoms with Gasteiger partial charge < -0.3 is 4.90 Å². The van der Waals surface area contributed by atoms with E-state index in [4.69, 9.17) is 11.6 Å². The van der Waals surface area contributed by atoms with Gasteiger partial charge in [-0.1, -0.05) is 11.6 Å². The lowest BCUT2D eigenvalue weighted by Gasteiger charge is -2.31. The number of halogens is 1. The molecule has 0 spiro atoms. The maximum Gasteiger partial charge on any atom is 0.274 e.